The van der Waals surface area contributed by atoms with Gasteiger partial charge in [-0.25, -0.2) is 16.8 Å². The first kappa shape index (κ1) is 22.2. The lowest BCUT2D eigenvalue weighted by Crippen LogP contribution is -2.49. The molecule has 30 heavy (non-hydrogen) atoms. The summed E-state index contributed by atoms with van der Waals surface area (Å²) in [6, 6.07) is 15.0. The predicted octanol–water partition coefficient (Wildman–Crippen LogP) is 1.95. The second-order valence-corrected chi connectivity index (χ2v) is 10.5. The van der Waals surface area contributed by atoms with Crippen LogP contribution in [0.5, 0.6) is 0 Å². The van der Waals surface area contributed by atoms with Gasteiger partial charge in [-0.15, -0.1) is 0 Å². The number of sulfonamides is 2. The van der Waals surface area contributed by atoms with Crippen LogP contribution in [-0.4, -0.2) is 57.5 Å². The van der Waals surface area contributed by atoms with Gasteiger partial charge in [0.25, 0.3) is 0 Å². The summed E-state index contributed by atoms with van der Waals surface area (Å²) in [5.74, 6) is -0.246. The van der Waals surface area contributed by atoms with Crippen LogP contribution in [0.3, 0.4) is 0 Å². The maximum atomic E-state index is 12.8. The van der Waals surface area contributed by atoms with Gasteiger partial charge in [-0.1, -0.05) is 30.3 Å². The van der Waals surface area contributed by atoms with E-state index in [1.165, 1.54) is 45.9 Å². The van der Waals surface area contributed by atoms with Gasteiger partial charge >= 0.3 is 0 Å². The van der Waals surface area contributed by atoms with Gasteiger partial charge in [-0.05, 0) is 35.9 Å². The molecular weight excluding hydrogens is 426 g/mol. The Hall–Kier alpha value is -2.53. The number of benzene rings is 2. The summed E-state index contributed by atoms with van der Waals surface area (Å²) in [7, 11) is -7.39. The molecule has 0 atom stereocenters. The Labute approximate surface area is 176 Å². The minimum atomic E-state index is -3.75. The molecule has 0 bridgehead atoms. The summed E-state index contributed by atoms with van der Waals surface area (Å²) in [4.78, 5) is 11.2. The van der Waals surface area contributed by atoms with E-state index in [0.29, 0.717) is 5.69 Å². The highest BCUT2D eigenvalue weighted by molar-refractivity contribution is 7.92. The van der Waals surface area contributed by atoms with Crippen molar-refractivity contribution in [2.75, 3.05) is 31.5 Å². The molecule has 0 unspecified atom stereocenters. The average molecular weight is 450 g/mol. The van der Waals surface area contributed by atoms with Crippen molar-refractivity contribution in [3.05, 3.63) is 65.6 Å². The molecule has 1 aliphatic rings. The van der Waals surface area contributed by atoms with E-state index in [-0.39, 0.29) is 37.0 Å². The monoisotopic (exact) mass is 449 g/mol. The third kappa shape index (κ3) is 5.33. The van der Waals surface area contributed by atoms with Crippen LogP contribution in [-0.2, 0) is 24.8 Å². The smallest absolute Gasteiger partial charge is 0.243 e. The SMILES string of the molecule is CC(=O)Nc1ccc(S(=O)(=O)N2CCN(S(=O)(=O)C=Cc3ccccc3)CC2)cc1. The lowest BCUT2D eigenvalue weighted by molar-refractivity contribution is -0.114. The number of rotatable bonds is 6. The molecule has 1 aliphatic heterocycles. The molecule has 2 aromatic rings. The van der Waals surface area contributed by atoms with Crippen molar-refractivity contribution in [1.82, 2.24) is 8.61 Å². The molecule has 3 rings (SSSR count). The van der Waals surface area contributed by atoms with Gasteiger partial charge in [0.1, 0.15) is 0 Å². The van der Waals surface area contributed by atoms with Crippen molar-refractivity contribution >= 4 is 37.7 Å². The molecule has 1 fully saturated rings. The van der Waals surface area contributed by atoms with Crippen LogP contribution in [0.2, 0.25) is 0 Å². The number of nitrogens with one attached hydrogen (secondary N) is 1. The molecule has 1 amide bonds. The van der Waals surface area contributed by atoms with Crippen LogP contribution in [0.15, 0.2) is 64.9 Å². The zero-order valence-corrected chi connectivity index (χ0v) is 18.1. The Kier molecular flexibility index (Phi) is 6.71. The van der Waals surface area contributed by atoms with Gasteiger partial charge in [0.15, 0.2) is 0 Å². The topological polar surface area (TPSA) is 104 Å². The number of carbonyl (C=O) groups is 1. The molecule has 8 nitrogen and oxygen atoms in total. The van der Waals surface area contributed by atoms with Gasteiger partial charge in [0, 0.05) is 44.2 Å². The van der Waals surface area contributed by atoms with E-state index in [2.05, 4.69) is 5.32 Å². The molecule has 160 valence electrons. The highest BCUT2D eigenvalue weighted by atomic mass is 32.2. The highest BCUT2D eigenvalue weighted by Gasteiger charge is 2.32. The molecule has 1 saturated heterocycles. The van der Waals surface area contributed by atoms with Crippen molar-refractivity contribution in [3.8, 4) is 0 Å². The quantitative estimate of drug-likeness (QED) is 0.726. The Morgan fingerprint density at radius 3 is 2.00 bits per heavy atom. The van der Waals surface area contributed by atoms with Crippen LogP contribution in [0, 0.1) is 0 Å². The lowest BCUT2D eigenvalue weighted by Gasteiger charge is -2.32. The van der Waals surface area contributed by atoms with Gasteiger partial charge in [0.05, 0.1) is 4.90 Å². The maximum absolute atomic E-state index is 12.8. The number of carbonyl (C=O) groups excluding carboxylic acids is 1. The van der Waals surface area contributed by atoms with E-state index in [1.54, 1.807) is 12.1 Å². The summed E-state index contributed by atoms with van der Waals surface area (Å²) in [6.07, 6.45) is 1.52. The van der Waals surface area contributed by atoms with Crippen molar-refractivity contribution < 1.29 is 21.6 Å². The van der Waals surface area contributed by atoms with Crippen LogP contribution in [0.4, 0.5) is 5.69 Å². The van der Waals surface area contributed by atoms with Crippen molar-refractivity contribution in [2.24, 2.45) is 0 Å². The molecule has 2 aromatic carbocycles. The molecule has 10 heteroatoms. The van der Waals surface area contributed by atoms with Crippen LogP contribution in [0.1, 0.15) is 12.5 Å². The van der Waals surface area contributed by atoms with Crippen LogP contribution < -0.4 is 5.32 Å². The third-order valence-corrected chi connectivity index (χ3v) is 8.08. The first-order valence-corrected chi connectivity index (χ1v) is 12.2. The Bertz CT molecular complexity index is 1120. The molecule has 0 aliphatic carbocycles. The number of nitrogens with zero attached hydrogens (tertiary/aromatic N) is 2. The maximum Gasteiger partial charge on any atom is 0.243 e. The van der Waals surface area contributed by atoms with E-state index in [4.69, 9.17) is 0 Å². The van der Waals surface area contributed by atoms with E-state index in [1.807, 2.05) is 18.2 Å². The second kappa shape index (κ2) is 9.09. The fourth-order valence-electron chi connectivity index (χ4n) is 3.04. The number of anilines is 1. The summed E-state index contributed by atoms with van der Waals surface area (Å²) in [6.45, 7) is 1.64. The molecule has 1 heterocycles. The summed E-state index contributed by atoms with van der Waals surface area (Å²) in [5, 5.41) is 3.73. The fraction of sp³-hybridized carbons (Fsp3) is 0.250. The molecule has 1 N–H and O–H groups in total. The Morgan fingerprint density at radius 1 is 0.867 bits per heavy atom. The van der Waals surface area contributed by atoms with Crippen LogP contribution in [0.25, 0.3) is 6.08 Å². The lowest BCUT2D eigenvalue weighted by atomic mass is 10.2. The minimum Gasteiger partial charge on any atom is -0.326 e. The second-order valence-electron chi connectivity index (χ2n) is 6.77. The Balaban J connectivity index is 1.65. The first-order valence-electron chi connectivity index (χ1n) is 9.29. The highest BCUT2D eigenvalue weighted by Crippen LogP contribution is 2.21. The number of piperazine rings is 1. The molecule has 0 radical (unpaired) electrons. The molecule has 0 saturated carbocycles. The summed E-state index contributed by atoms with van der Waals surface area (Å²) >= 11 is 0. The van der Waals surface area contributed by atoms with E-state index >= 15 is 0 Å². The van der Waals surface area contributed by atoms with Gasteiger partial charge < -0.3 is 5.32 Å². The number of hydrogen-bond donors (Lipinski definition) is 1. The number of amides is 1. The van der Waals surface area contributed by atoms with Crippen molar-refractivity contribution in [2.45, 2.75) is 11.8 Å². The van der Waals surface area contributed by atoms with Crippen molar-refractivity contribution in [1.29, 1.82) is 0 Å². The molecule has 0 aromatic heterocycles. The minimum absolute atomic E-state index is 0.0637. The predicted molar refractivity (Wildman–Crippen MR) is 115 cm³/mol. The molecular formula is C20H23N3O5S2. The first-order chi connectivity index (χ1) is 14.2. The molecule has 0 spiro atoms. The van der Waals surface area contributed by atoms with Gasteiger partial charge in [-0.3, -0.25) is 4.79 Å². The normalized spacial score (nSPS) is 16.6. The van der Waals surface area contributed by atoms with Gasteiger partial charge in [-0.2, -0.15) is 8.61 Å². The zero-order valence-electron chi connectivity index (χ0n) is 16.4. The van der Waals surface area contributed by atoms with Crippen molar-refractivity contribution in [3.63, 3.8) is 0 Å². The standard InChI is InChI=1S/C20H23N3O5S2/c1-17(24)21-19-7-9-20(10-8-19)30(27,28)23-14-12-22(13-15-23)29(25,26)16-11-18-5-3-2-4-6-18/h2-11,16H,12-15H2,1H3,(H,21,24). The summed E-state index contributed by atoms with van der Waals surface area (Å²) < 4.78 is 53.3. The largest absolute Gasteiger partial charge is 0.326 e. The third-order valence-electron chi connectivity index (χ3n) is 4.60. The van der Waals surface area contributed by atoms with Gasteiger partial charge in [0.2, 0.25) is 26.0 Å². The fourth-order valence-corrected chi connectivity index (χ4v) is 5.64. The number of hydrogen-bond acceptors (Lipinski definition) is 5. The summed E-state index contributed by atoms with van der Waals surface area (Å²) in [5.41, 5.74) is 1.27. The van der Waals surface area contributed by atoms with E-state index in [9.17, 15) is 21.6 Å². The van der Waals surface area contributed by atoms with Crippen LogP contribution >= 0.6 is 0 Å². The Morgan fingerprint density at radius 2 is 1.43 bits per heavy atom. The van der Waals surface area contributed by atoms with E-state index in [0.717, 1.165) is 11.0 Å². The zero-order chi connectivity index (χ0) is 21.8. The van der Waals surface area contributed by atoms with E-state index < -0.39 is 20.0 Å². The average Bonchev–Trinajstić information content (AvgIpc) is 2.73.